The quantitative estimate of drug-likeness (QED) is 0.813. The van der Waals surface area contributed by atoms with Gasteiger partial charge in [0.05, 0.1) is 13.2 Å². The molecule has 0 radical (unpaired) electrons. The summed E-state index contributed by atoms with van der Waals surface area (Å²) in [7, 11) is 1.35. The average molecular weight is 283 g/mol. The Morgan fingerprint density at radius 3 is 2.84 bits per heavy atom. The summed E-state index contributed by atoms with van der Waals surface area (Å²) in [4.78, 5) is 11.3. The van der Waals surface area contributed by atoms with Crippen LogP contribution in [0, 0.1) is 0 Å². The number of carbonyl (C=O) groups excluding carboxylic acids is 1. The van der Waals surface area contributed by atoms with Gasteiger partial charge in [0.1, 0.15) is 5.76 Å². The third-order valence-corrected chi connectivity index (χ3v) is 5.29. The molecule has 106 valence electrons. The second-order valence-corrected chi connectivity index (χ2v) is 6.31. The molecule has 1 heterocycles. The lowest BCUT2D eigenvalue weighted by atomic mass is 9.84. The zero-order chi connectivity index (χ0) is 13.9. The molecular formula is C14H21NO3S. The number of furan rings is 1. The van der Waals surface area contributed by atoms with Crippen LogP contribution in [0.15, 0.2) is 16.5 Å². The summed E-state index contributed by atoms with van der Waals surface area (Å²) in [6.45, 7) is 3.02. The molecule has 1 unspecified atom stereocenters. The number of methoxy groups -OCH3 is 1. The highest BCUT2D eigenvalue weighted by molar-refractivity contribution is 8.00. The first-order valence-electron chi connectivity index (χ1n) is 6.57. The van der Waals surface area contributed by atoms with E-state index in [0.29, 0.717) is 4.75 Å². The maximum atomic E-state index is 11.3. The normalized spacial score (nSPS) is 18.7. The molecular weight excluding hydrogens is 262 g/mol. The molecule has 5 heteroatoms. The molecule has 1 atom stereocenters. The SMILES string of the molecule is COC(=O)c1ccc(C(C)NCC2(SC)CCC2)o1. The van der Waals surface area contributed by atoms with E-state index in [4.69, 9.17) is 4.42 Å². The highest BCUT2D eigenvalue weighted by atomic mass is 32.2. The minimum Gasteiger partial charge on any atom is -0.463 e. The molecule has 1 aromatic rings. The Labute approximate surface area is 118 Å². The molecule has 0 aromatic carbocycles. The van der Waals surface area contributed by atoms with Crippen molar-refractivity contribution in [2.45, 2.75) is 37.0 Å². The van der Waals surface area contributed by atoms with E-state index in [1.54, 1.807) is 6.07 Å². The molecule has 0 saturated heterocycles. The lowest BCUT2D eigenvalue weighted by Gasteiger charge is -2.41. The third-order valence-electron chi connectivity index (χ3n) is 3.87. The Morgan fingerprint density at radius 1 is 1.58 bits per heavy atom. The van der Waals surface area contributed by atoms with Crippen molar-refractivity contribution in [1.82, 2.24) is 5.32 Å². The lowest BCUT2D eigenvalue weighted by Crippen LogP contribution is -2.43. The zero-order valence-electron chi connectivity index (χ0n) is 11.7. The number of esters is 1. The van der Waals surface area contributed by atoms with Gasteiger partial charge in [0.2, 0.25) is 5.76 Å². The largest absolute Gasteiger partial charge is 0.463 e. The van der Waals surface area contributed by atoms with Gasteiger partial charge in [-0.15, -0.1) is 0 Å². The number of ether oxygens (including phenoxy) is 1. The summed E-state index contributed by atoms with van der Waals surface area (Å²) in [5.74, 6) is 0.600. The van der Waals surface area contributed by atoms with Crippen LogP contribution in [0.25, 0.3) is 0 Å². The predicted molar refractivity (Wildman–Crippen MR) is 76.6 cm³/mol. The Balaban J connectivity index is 1.90. The summed E-state index contributed by atoms with van der Waals surface area (Å²) >= 11 is 1.94. The monoisotopic (exact) mass is 283 g/mol. The number of nitrogens with one attached hydrogen (secondary N) is 1. The van der Waals surface area contributed by atoms with Gasteiger partial charge in [-0.2, -0.15) is 11.8 Å². The first-order valence-corrected chi connectivity index (χ1v) is 7.79. The molecule has 1 aliphatic rings. The van der Waals surface area contributed by atoms with Crippen LogP contribution in [0.4, 0.5) is 0 Å². The number of hydrogen-bond acceptors (Lipinski definition) is 5. The molecule has 0 bridgehead atoms. The minimum atomic E-state index is -0.432. The molecule has 0 aliphatic heterocycles. The third kappa shape index (κ3) is 3.15. The Bertz CT molecular complexity index is 434. The molecule has 1 fully saturated rings. The van der Waals surface area contributed by atoms with Gasteiger partial charge in [-0.3, -0.25) is 0 Å². The maximum Gasteiger partial charge on any atom is 0.373 e. The van der Waals surface area contributed by atoms with Crippen molar-refractivity contribution >= 4 is 17.7 Å². The van der Waals surface area contributed by atoms with Gasteiger partial charge < -0.3 is 14.5 Å². The Morgan fingerprint density at radius 2 is 2.32 bits per heavy atom. The summed E-state index contributed by atoms with van der Waals surface area (Å²) in [5, 5.41) is 3.50. The summed E-state index contributed by atoms with van der Waals surface area (Å²) in [6.07, 6.45) is 6.05. The van der Waals surface area contributed by atoms with E-state index in [1.165, 1.54) is 26.4 Å². The standard InChI is InChI=1S/C14H21NO3S/c1-10(15-9-14(19-3)7-4-8-14)11-5-6-12(18-11)13(16)17-2/h5-6,10,15H,4,7-9H2,1-3H3. The van der Waals surface area contributed by atoms with Gasteiger partial charge in [0.25, 0.3) is 0 Å². The Kier molecular flexibility index (Phi) is 4.58. The fraction of sp³-hybridized carbons (Fsp3) is 0.643. The van der Waals surface area contributed by atoms with Gasteiger partial charge in [0.15, 0.2) is 0 Å². The number of hydrogen-bond donors (Lipinski definition) is 1. The van der Waals surface area contributed by atoms with Crippen LogP contribution in [0.1, 0.15) is 48.5 Å². The van der Waals surface area contributed by atoms with E-state index in [0.717, 1.165) is 12.3 Å². The van der Waals surface area contributed by atoms with Crippen molar-refractivity contribution in [3.63, 3.8) is 0 Å². The highest BCUT2D eigenvalue weighted by Gasteiger charge is 2.36. The maximum absolute atomic E-state index is 11.3. The second kappa shape index (κ2) is 6.01. The van der Waals surface area contributed by atoms with Crippen molar-refractivity contribution < 1.29 is 13.9 Å². The van der Waals surface area contributed by atoms with Crippen LogP contribution in [-0.4, -0.2) is 30.6 Å². The van der Waals surface area contributed by atoms with Crippen LogP contribution in [-0.2, 0) is 4.74 Å². The van der Waals surface area contributed by atoms with Crippen molar-refractivity contribution in [2.75, 3.05) is 19.9 Å². The van der Waals surface area contributed by atoms with E-state index in [-0.39, 0.29) is 11.8 Å². The molecule has 19 heavy (non-hydrogen) atoms. The number of rotatable bonds is 6. The van der Waals surface area contributed by atoms with E-state index < -0.39 is 5.97 Å². The summed E-state index contributed by atoms with van der Waals surface area (Å²) < 4.78 is 10.5. The van der Waals surface area contributed by atoms with Gasteiger partial charge in [-0.05, 0) is 38.2 Å². The molecule has 1 aliphatic carbocycles. The van der Waals surface area contributed by atoms with Gasteiger partial charge in [-0.1, -0.05) is 6.42 Å². The topological polar surface area (TPSA) is 51.5 Å². The van der Waals surface area contributed by atoms with Crippen molar-refractivity contribution in [2.24, 2.45) is 0 Å². The van der Waals surface area contributed by atoms with Gasteiger partial charge in [0, 0.05) is 11.3 Å². The van der Waals surface area contributed by atoms with Crippen LogP contribution in [0.3, 0.4) is 0 Å². The second-order valence-electron chi connectivity index (χ2n) is 5.04. The van der Waals surface area contributed by atoms with Crippen molar-refractivity contribution in [1.29, 1.82) is 0 Å². The van der Waals surface area contributed by atoms with E-state index in [1.807, 2.05) is 24.8 Å². The lowest BCUT2D eigenvalue weighted by molar-refractivity contribution is 0.0562. The average Bonchev–Trinajstić information content (AvgIpc) is 2.86. The fourth-order valence-corrected chi connectivity index (χ4v) is 3.18. The number of carbonyl (C=O) groups is 1. The fourth-order valence-electron chi connectivity index (χ4n) is 2.26. The van der Waals surface area contributed by atoms with Crippen molar-refractivity contribution in [3.05, 3.63) is 23.7 Å². The molecule has 1 N–H and O–H groups in total. The minimum absolute atomic E-state index is 0.100. The van der Waals surface area contributed by atoms with E-state index >= 15 is 0 Å². The molecule has 0 spiro atoms. The van der Waals surface area contributed by atoms with Crippen LogP contribution < -0.4 is 5.32 Å². The molecule has 1 aromatic heterocycles. The Hall–Kier alpha value is -0.940. The van der Waals surface area contributed by atoms with Crippen LogP contribution >= 0.6 is 11.8 Å². The molecule has 4 nitrogen and oxygen atoms in total. The van der Waals surface area contributed by atoms with Crippen molar-refractivity contribution in [3.8, 4) is 0 Å². The first-order chi connectivity index (χ1) is 9.10. The number of thioether (sulfide) groups is 1. The first kappa shape index (κ1) is 14.5. The summed E-state index contributed by atoms with van der Waals surface area (Å²) in [5.41, 5.74) is 0. The van der Waals surface area contributed by atoms with Crippen LogP contribution in [0.5, 0.6) is 0 Å². The molecule has 0 amide bonds. The smallest absolute Gasteiger partial charge is 0.373 e. The van der Waals surface area contributed by atoms with Crippen LogP contribution in [0.2, 0.25) is 0 Å². The predicted octanol–water partition coefficient (Wildman–Crippen LogP) is 3.00. The summed E-state index contributed by atoms with van der Waals surface area (Å²) in [6, 6.07) is 3.59. The van der Waals surface area contributed by atoms with E-state index in [9.17, 15) is 4.79 Å². The highest BCUT2D eigenvalue weighted by Crippen LogP contribution is 2.42. The molecule has 1 saturated carbocycles. The van der Waals surface area contributed by atoms with E-state index in [2.05, 4.69) is 16.3 Å². The molecule has 2 rings (SSSR count). The van der Waals surface area contributed by atoms with Gasteiger partial charge >= 0.3 is 5.97 Å². The van der Waals surface area contributed by atoms with Gasteiger partial charge in [-0.25, -0.2) is 4.79 Å². The zero-order valence-corrected chi connectivity index (χ0v) is 12.5.